The molecule has 1 N–H and O–H groups in total. The van der Waals surface area contributed by atoms with Crippen molar-refractivity contribution in [1.29, 1.82) is 0 Å². The number of fused-ring (bicyclic) bond motifs is 1. The van der Waals surface area contributed by atoms with Gasteiger partial charge in [-0.25, -0.2) is 9.97 Å². The molecule has 0 unspecified atom stereocenters. The second-order valence-corrected chi connectivity index (χ2v) is 4.28. The minimum absolute atomic E-state index is 0.128. The average Bonchev–Trinajstić information content (AvgIpc) is 2.27. The Morgan fingerprint density at radius 2 is 1.76 bits per heavy atom. The van der Waals surface area contributed by atoms with Gasteiger partial charge < -0.3 is 5.32 Å². The Labute approximate surface area is 100 Å². The number of carbonyl (C=O) groups excluding carboxylic acids is 1. The van der Waals surface area contributed by atoms with Crippen LogP contribution in [0.25, 0.3) is 11.0 Å². The lowest BCUT2D eigenvalue weighted by molar-refractivity contribution is -0.114. The van der Waals surface area contributed by atoms with E-state index in [0.29, 0.717) is 5.82 Å². The molecule has 0 saturated carbocycles. The van der Waals surface area contributed by atoms with Crippen LogP contribution in [-0.2, 0) is 4.79 Å². The maximum Gasteiger partial charge on any atom is 0.222 e. The van der Waals surface area contributed by atoms with Crippen LogP contribution in [0.1, 0.15) is 32.4 Å². The molecule has 0 spiro atoms. The summed E-state index contributed by atoms with van der Waals surface area (Å²) in [7, 11) is 0. The Kier molecular flexibility index (Phi) is 3.04. The number of nitrogens with zero attached hydrogens (tertiary/aromatic N) is 2. The summed E-state index contributed by atoms with van der Waals surface area (Å²) in [6.07, 6.45) is 0. The molecule has 0 bridgehead atoms. The third kappa shape index (κ3) is 2.41. The summed E-state index contributed by atoms with van der Waals surface area (Å²) in [5.74, 6) is 0.650. The summed E-state index contributed by atoms with van der Waals surface area (Å²) < 4.78 is 0. The van der Waals surface area contributed by atoms with E-state index in [-0.39, 0.29) is 11.8 Å². The molecule has 4 nitrogen and oxygen atoms in total. The van der Waals surface area contributed by atoms with Crippen molar-refractivity contribution < 1.29 is 4.79 Å². The van der Waals surface area contributed by atoms with Crippen molar-refractivity contribution in [2.24, 2.45) is 0 Å². The molecule has 2 rings (SSSR count). The Bertz CT molecular complexity index is 564. The highest BCUT2D eigenvalue weighted by Gasteiger charge is 2.12. The molecule has 88 valence electrons. The van der Waals surface area contributed by atoms with E-state index in [9.17, 15) is 4.79 Å². The monoisotopic (exact) mass is 229 g/mol. The van der Waals surface area contributed by atoms with Crippen LogP contribution in [0, 0.1) is 0 Å². The van der Waals surface area contributed by atoms with E-state index in [1.807, 2.05) is 38.1 Å². The lowest BCUT2D eigenvalue weighted by atomic mass is 10.1. The second kappa shape index (κ2) is 4.49. The molecule has 0 aliphatic rings. The van der Waals surface area contributed by atoms with Gasteiger partial charge in [0.25, 0.3) is 0 Å². The van der Waals surface area contributed by atoms with Crippen molar-refractivity contribution in [2.75, 3.05) is 5.32 Å². The summed E-state index contributed by atoms with van der Waals surface area (Å²) in [6.45, 7) is 5.54. The van der Waals surface area contributed by atoms with E-state index in [2.05, 4.69) is 15.3 Å². The van der Waals surface area contributed by atoms with Crippen LogP contribution in [0.4, 0.5) is 5.82 Å². The highest BCUT2D eigenvalue weighted by Crippen LogP contribution is 2.23. The van der Waals surface area contributed by atoms with Gasteiger partial charge in [-0.15, -0.1) is 0 Å². The molecule has 4 heteroatoms. The molecule has 0 fully saturated rings. The zero-order valence-corrected chi connectivity index (χ0v) is 10.2. The third-order valence-electron chi connectivity index (χ3n) is 2.44. The molecule has 0 saturated heterocycles. The maximum atomic E-state index is 11.1. The highest BCUT2D eigenvalue weighted by molar-refractivity contribution is 5.89. The number of benzene rings is 1. The molecule has 2 aromatic rings. The molecule has 1 amide bonds. The minimum Gasteiger partial charge on any atom is -0.309 e. The SMILES string of the molecule is CC(=O)Nc1nc2ccccc2nc1C(C)C. The Morgan fingerprint density at radius 1 is 1.18 bits per heavy atom. The Balaban J connectivity index is 2.61. The van der Waals surface area contributed by atoms with Gasteiger partial charge in [0.1, 0.15) is 0 Å². The quantitative estimate of drug-likeness (QED) is 0.861. The number of anilines is 1. The number of para-hydroxylation sites is 2. The Morgan fingerprint density at radius 3 is 2.29 bits per heavy atom. The van der Waals surface area contributed by atoms with Crippen molar-refractivity contribution in [3.63, 3.8) is 0 Å². The molecule has 17 heavy (non-hydrogen) atoms. The molecule has 0 aliphatic heterocycles. The van der Waals surface area contributed by atoms with Gasteiger partial charge in [0.2, 0.25) is 5.91 Å². The first kappa shape index (κ1) is 11.5. The number of amides is 1. The van der Waals surface area contributed by atoms with Gasteiger partial charge >= 0.3 is 0 Å². The molecular formula is C13H15N3O. The summed E-state index contributed by atoms with van der Waals surface area (Å²) in [6, 6.07) is 7.65. The number of nitrogens with one attached hydrogen (secondary N) is 1. The molecule has 0 radical (unpaired) electrons. The van der Waals surface area contributed by atoms with Gasteiger partial charge in [-0.2, -0.15) is 0 Å². The topological polar surface area (TPSA) is 54.9 Å². The molecule has 1 aromatic carbocycles. The second-order valence-electron chi connectivity index (χ2n) is 4.28. The predicted octanol–water partition coefficient (Wildman–Crippen LogP) is 2.71. The average molecular weight is 229 g/mol. The predicted molar refractivity (Wildman–Crippen MR) is 67.9 cm³/mol. The largest absolute Gasteiger partial charge is 0.309 e. The van der Waals surface area contributed by atoms with E-state index in [4.69, 9.17) is 0 Å². The molecule has 1 aromatic heterocycles. The number of hydrogen-bond acceptors (Lipinski definition) is 3. The fraction of sp³-hybridized carbons (Fsp3) is 0.308. The van der Waals surface area contributed by atoms with Gasteiger partial charge in [-0.3, -0.25) is 4.79 Å². The fourth-order valence-electron chi connectivity index (χ4n) is 1.67. The number of rotatable bonds is 2. The normalized spacial score (nSPS) is 10.8. The zero-order valence-electron chi connectivity index (χ0n) is 10.2. The minimum atomic E-state index is -0.128. The van der Waals surface area contributed by atoms with Crippen molar-refractivity contribution in [3.05, 3.63) is 30.0 Å². The van der Waals surface area contributed by atoms with Crippen LogP contribution in [0.5, 0.6) is 0 Å². The number of hydrogen-bond donors (Lipinski definition) is 1. The molecule has 1 heterocycles. The van der Waals surface area contributed by atoms with Crippen LogP contribution >= 0.6 is 0 Å². The summed E-state index contributed by atoms with van der Waals surface area (Å²) in [4.78, 5) is 20.1. The van der Waals surface area contributed by atoms with Crippen LogP contribution in [0.2, 0.25) is 0 Å². The standard InChI is InChI=1S/C13H15N3O/c1-8(2)12-13(14-9(3)17)16-11-7-5-4-6-10(11)15-12/h4-8H,1-3H3,(H,14,16,17). The van der Waals surface area contributed by atoms with Gasteiger partial charge in [0.15, 0.2) is 5.82 Å². The smallest absolute Gasteiger partial charge is 0.222 e. The summed E-state index contributed by atoms with van der Waals surface area (Å²) in [5, 5.41) is 2.73. The maximum absolute atomic E-state index is 11.1. The van der Waals surface area contributed by atoms with Crippen LogP contribution in [0.15, 0.2) is 24.3 Å². The van der Waals surface area contributed by atoms with Crippen molar-refractivity contribution >= 4 is 22.8 Å². The van der Waals surface area contributed by atoms with Crippen LogP contribution in [0.3, 0.4) is 0 Å². The lowest BCUT2D eigenvalue weighted by Crippen LogP contribution is -2.12. The van der Waals surface area contributed by atoms with E-state index in [0.717, 1.165) is 16.7 Å². The first-order chi connectivity index (χ1) is 8.08. The number of carbonyl (C=O) groups is 1. The zero-order chi connectivity index (χ0) is 12.4. The van der Waals surface area contributed by atoms with Crippen molar-refractivity contribution in [3.8, 4) is 0 Å². The van der Waals surface area contributed by atoms with E-state index < -0.39 is 0 Å². The molecule has 0 atom stereocenters. The van der Waals surface area contributed by atoms with Crippen molar-refractivity contribution in [2.45, 2.75) is 26.7 Å². The fourth-order valence-corrected chi connectivity index (χ4v) is 1.67. The number of aromatic nitrogens is 2. The molecule has 0 aliphatic carbocycles. The van der Waals surface area contributed by atoms with E-state index in [1.165, 1.54) is 6.92 Å². The molecular weight excluding hydrogens is 214 g/mol. The van der Waals surface area contributed by atoms with Crippen molar-refractivity contribution in [1.82, 2.24) is 9.97 Å². The first-order valence-electron chi connectivity index (χ1n) is 5.62. The van der Waals surface area contributed by atoms with Crippen LogP contribution < -0.4 is 5.32 Å². The lowest BCUT2D eigenvalue weighted by Gasteiger charge is -2.12. The summed E-state index contributed by atoms with van der Waals surface area (Å²) in [5.41, 5.74) is 2.46. The van der Waals surface area contributed by atoms with Crippen LogP contribution in [-0.4, -0.2) is 15.9 Å². The van der Waals surface area contributed by atoms with Gasteiger partial charge in [0.05, 0.1) is 16.7 Å². The Hall–Kier alpha value is -1.97. The summed E-state index contributed by atoms with van der Waals surface area (Å²) >= 11 is 0. The van der Waals surface area contributed by atoms with E-state index in [1.54, 1.807) is 0 Å². The van der Waals surface area contributed by atoms with Gasteiger partial charge in [-0.1, -0.05) is 26.0 Å². The van der Waals surface area contributed by atoms with E-state index >= 15 is 0 Å². The third-order valence-corrected chi connectivity index (χ3v) is 2.44. The first-order valence-corrected chi connectivity index (χ1v) is 5.62. The van der Waals surface area contributed by atoms with Gasteiger partial charge in [-0.05, 0) is 18.1 Å². The highest BCUT2D eigenvalue weighted by atomic mass is 16.1. The van der Waals surface area contributed by atoms with Gasteiger partial charge in [0, 0.05) is 6.92 Å².